The number of ketones is 2. The van der Waals surface area contributed by atoms with Crippen molar-refractivity contribution in [3.63, 3.8) is 0 Å². The van der Waals surface area contributed by atoms with E-state index in [0.29, 0.717) is 11.1 Å². The molecular weight excluding hydrogens is 360 g/mol. The van der Waals surface area contributed by atoms with E-state index in [0.717, 1.165) is 11.1 Å². The first kappa shape index (κ1) is 22.8. The summed E-state index contributed by atoms with van der Waals surface area (Å²) in [6, 6.07) is 14.3. The maximum atomic E-state index is 11.4. The molecule has 6 heteroatoms. The van der Waals surface area contributed by atoms with Gasteiger partial charge in [-0.3, -0.25) is 19.2 Å². The fourth-order valence-electron chi connectivity index (χ4n) is 2.21. The fourth-order valence-corrected chi connectivity index (χ4v) is 2.21. The Balaban J connectivity index is 0.000000280. The van der Waals surface area contributed by atoms with Gasteiger partial charge in [-0.2, -0.15) is 0 Å². The van der Waals surface area contributed by atoms with Crippen LogP contribution in [0.5, 0.6) is 0 Å². The van der Waals surface area contributed by atoms with Crippen molar-refractivity contribution in [2.24, 2.45) is 0 Å². The van der Waals surface area contributed by atoms with E-state index in [1.54, 1.807) is 24.3 Å². The van der Waals surface area contributed by atoms with Crippen LogP contribution in [0, 0.1) is 13.8 Å². The van der Waals surface area contributed by atoms with Crippen molar-refractivity contribution in [3.05, 3.63) is 70.8 Å². The summed E-state index contributed by atoms with van der Waals surface area (Å²) in [5, 5.41) is 16.8. The molecule has 0 unspecified atom stereocenters. The van der Waals surface area contributed by atoms with Gasteiger partial charge < -0.3 is 10.2 Å². The Kier molecular flexibility index (Phi) is 9.30. The second-order valence-electron chi connectivity index (χ2n) is 6.37. The molecule has 2 aromatic rings. The van der Waals surface area contributed by atoms with Crippen LogP contribution >= 0.6 is 0 Å². The highest BCUT2D eigenvalue weighted by Crippen LogP contribution is 2.08. The van der Waals surface area contributed by atoms with Gasteiger partial charge in [0.05, 0.1) is 12.8 Å². The highest BCUT2D eigenvalue weighted by Gasteiger charge is 2.08. The van der Waals surface area contributed by atoms with E-state index in [1.165, 1.54) is 0 Å². The van der Waals surface area contributed by atoms with Gasteiger partial charge in [0.2, 0.25) is 0 Å². The summed E-state index contributed by atoms with van der Waals surface area (Å²) in [5.74, 6) is -2.12. The summed E-state index contributed by atoms with van der Waals surface area (Å²) < 4.78 is 0. The molecule has 0 aliphatic heterocycles. The van der Waals surface area contributed by atoms with E-state index in [1.807, 2.05) is 38.1 Å². The van der Waals surface area contributed by atoms with Gasteiger partial charge in [0, 0.05) is 24.0 Å². The predicted molar refractivity (Wildman–Crippen MR) is 105 cm³/mol. The van der Waals surface area contributed by atoms with Gasteiger partial charge in [-0.05, 0) is 13.8 Å². The molecule has 0 aromatic heterocycles. The first-order valence-corrected chi connectivity index (χ1v) is 8.82. The van der Waals surface area contributed by atoms with Crippen LogP contribution < -0.4 is 0 Å². The van der Waals surface area contributed by atoms with E-state index in [4.69, 9.17) is 10.2 Å². The minimum Gasteiger partial charge on any atom is -0.481 e. The van der Waals surface area contributed by atoms with Gasteiger partial charge in [0.15, 0.2) is 11.6 Å². The Hall–Kier alpha value is -3.28. The molecule has 28 heavy (non-hydrogen) atoms. The summed E-state index contributed by atoms with van der Waals surface area (Å²) >= 11 is 0. The van der Waals surface area contributed by atoms with Crippen LogP contribution in [0.4, 0.5) is 0 Å². The lowest BCUT2D eigenvalue weighted by Gasteiger charge is -1.99. The molecule has 0 bridgehead atoms. The first-order valence-electron chi connectivity index (χ1n) is 8.82. The molecule has 0 fully saturated rings. The molecule has 0 atom stereocenters. The van der Waals surface area contributed by atoms with Gasteiger partial charge in [-0.15, -0.1) is 0 Å². The predicted octanol–water partition coefficient (Wildman–Crippen LogP) is 4.09. The summed E-state index contributed by atoms with van der Waals surface area (Å²) in [5.41, 5.74) is 3.33. The number of carbonyl (C=O) groups is 4. The van der Waals surface area contributed by atoms with Crippen LogP contribution in [0.1, 0.15) is 57.5 Å². The third-order valence-corrected chi connectivity index (χ3v) is 3.88. The summed E-state index contributed by atoms with van der Waals surface area (Å²) in [6.07, 6.45) is -0.0732. The second kappa shape index (κ2) is 11.4. The topological polar surface area (TPSA) is 109 Å². The van der Waals surface area contributed by atoms with Crippen LogP contribution in [0.3, 0.4) is 0 Å². The zero-order valence-corrected chi connectivity index (χ0v) is 16.0. The number of Topliss-reactive ketones (excluding diaryl/α,β-unsaturated/α-hetero) is 2. The lowest BCUT2D eigenvalue weighted by molar-refractivity contribution is -0.137. The Bertz CT molecular complexity index is 748. The number of carboxylic acids is 2. The quantitative estimate of drug-likeness (QED) is 0.664. The number of hydrogen-bond donors (Lipinski definition) is 2. The van der Waals surface area contributed by atoms with Gasteiger partial charge in [0.1, 0.15) is 0 Å². The molecule has 2 rings (SSSR count). The normalized spacial score (nSPS) is 9.79. The fraction of sp³-hybridized carbons (Fsp3) is 0.273. The summed E-state index contributed by atoms with van der Waals surface area (Å²) in [6.45, 7) is 3.87. The maximum absolute atomic E-state index is 11.4. The molecule has 2 aromatic carbocycles. The molecule has 2 N–H and O–H groups in total. The van der Waals surface area contributed by atoms with Gasteiger partial charge in [0.25, 0.3) is 0 Å². The Morgan fingerprint density at radius 3 is 1.11 bits per heavy atom. The third kappa shape index (κ3) is 8.89. The summed E-state index contributed by atoms with van der Waals surface area (Å²) in [7, 11) is 0. The SMILES string of the molecule is Cc1ccc(C(=O)CCC(=O)O)cc1.Cc1ccc(C(=O)CCC(=O)O)cc1. The van der Waals surface area contributed by atoms with Crippen LogP contribution in [0.25, 0.3) is 0 Å². The average Bonchev–Trinajstić information content (AvgIpc) is 2.65. The molecule has 148 valence electrons. The number of rotatable bonds is 8. The van der Waals surface area contributed by atoms with E-state index < -0.39 is 11.9 Å². The minimum absolute atomic E-state index is 0.0679. The zero-order valence-electron chi connectivity index (χ0n) is 16.0. The largest absolute Gasteiger partial charge is 0.481 e. The van der Waals surface area contributed by atoms with Crippen molar-refractivity contribution >= 4 is 23.5 Å². The first-order chi connectivity index (χ1) is 13.2. The molecule has 0 saturated heterocycles. The smallest absolute Gasteiger partial charge is 0.303 e. The Morgan fingerprint density at radius 2 is 0.857 bits per heavy atom. The molecule has 0 aliphatic carbocycles. The molecule has 0 radical (unpaired) electrons. The van der Waals surface area contributed by atoms with Crippen molar-refractivity contribution < 1.29 is 29.4 Å². The van der Waals surface area contributed by atoms with E-state index in [-0.39, 0.29) is 37.2 Å². The van der Waals surface area contributed by atoms with Crippen LogP contribution in [0.15, 0.2) is 48.5 Å². The molecule has 0 amide bonds. The van der Waals surface area contributed by atoms with Crippen LogP contribution in [-0.4, -0.2) is 33.7 Å². The third-order valence-electron chi connectivity index (χ3n) is 3.88. The molecule has 0 aliphatic rings. The van der Waals surface area contributed by atoms with Crippen molar-refractivity contribution in [1.82, 2.24) is 0 Å². The Labute approximate surface area is 163 Å². The van der Waals surface area contributed by atoms with Gasteiger partial charge in [-0.25, -0.2) is 0 Å². The monoisotopic (exact) mass is 384 g/mol. The van der Waals surface area contributed by atoms with Gasteiger partial charge >= 0.3 is 11.9 Å². The number of aliphatic carboxylic acids is 2. The maximum Gasteiger partial charge on any atom is 0.303 e. The summed E-state index contributed by atoms with van der Waals surface area (Å²) in [4.78, 5) is 43.3. The number of carboxylic acid groups (broad SMARTS) is 2. The molecule has 6 nitrogen and oxygen atoms in total. The van der Waals surface area contributed by atoms with E-state index in [2.05, 4.69) is 0 Å². The van der Waals surface area contributed by atoms with Crippen molar-refractivity contribution in [2.75, 3.05) is 0 Å². The van der Waals surface area contributed by atoms with Gasteiger partial charge in [-0.1, -0.05) is 59.7 Å². The lowest BCUT2D eigenvalue weighted by Crippen LogP contribution is -2.03. The molecule has 0 spiro atoms. The standard InChI is InChI=1S/2C11H12O3/c2*1-8-2-4-9(5-3-8)10(12)6-7-11(13)14/h2*2-5H,6-7H2,1H3,(H,13,14). The average molecular weight is 384 g/mol. The second-order valence-corrected chi connectivity index (χ2v) is 6.37. The number of benzene rings is 2. The van der Waals surface area contributed by atoms with Crippen molar-refractivity contribution in [1.29, 1.82) is 0 Å². The van der Waals surface area contributed by atoms with Crippen LogP contribution in [0.2, 0.25) is 0 Å². The van der Waals surface area contributed by atoms with E-state index >= 15 is 0 Å². The highest BCUT2D eigenvalue weighted by molar-refractivity contribution is 5.98. The number of carbonyl (C=O) groups excluding carboxylic acids is 2. The van der Waals surface area contributed by atoms with Crippen LogP contribution in [-0.2, 0) is 9.59 Å². The lowest BCUT2D eigenvalue weighted by atomic mass is 10.1. The Morgan fingerprint density at radius 1 is 0.571 bits per heavy atom. The molecule has 0 saturated carbocycles. The molecular formula is C22H24O6. The van der Waals surface area contributed by atoms with E-state index in [9.17, 15) is 19.2 Å². The van der Waals surface area contributed by atoms with Crippen molar-refractivity contribution in [2.45, 2.75) is 39.5 Å². The number of hydrogen-bond acceptors (Lipinski definition) is 4. The zero-order chi connectivity index (χ0) is 21.1. The van der Waals surface area contributed by atoms with Crippen molar-refractivity contribution in [3.8, 4) is 0 Å². The minimum atomic E-state index is -0.939. The number of aryl methyl sites for hydroxylation is 2. The molecule has 0 heterocycles. The highest BCUT2D eigenvalue weighted by atomic mass is 16.4.